The van der Waals surface area contributed by atoms with Gasteiger partial charge in [-0.2, -0.15) is 0 Å². The predicted octanol–water partition coefficient (Wildman–Crippen LogP) is 2.77. The summed E-state index contributed by atoms with van der Waals surface area (Å²) >= 11 is 0. The lowest BCUT2D eigenvalue weighted by Crippen LogP contribution is -2.26. The van der Waals surface area contributed by atoms with E-state index in [0.29, 0.717) is 5.69 Å². The smallest absolute Gasteiger partial charge is 0.307 e. The minimum atomic E-state index is -3.67. The minimum Gasteiger partial charge on any atom is -0.456 e. The number of aryl methyl sites for hydroxylation is 2. The molecule has 154 valence electrons. The van der Waals surface area contributed by atoms with E-state index in [1.54, 1.807) is 30.3 Å². The lowest BCUT2D eigenvalue weighted by molar-refractivity contribution is -0.147. The Hall–Kier alpha value is -2.97. The summed E-state index contributed by atoms with van der Waals surface area (Å²) in [7, 11) is -3.67. The molecular weight excluding hydrogens is 392 g/mol. The topological polar surface area (TPSA) is 102 Å². The number of nitrogens with one attached hydrogen (secondary N) is 2. The standard InChI is InChI=1S/C21H24N2O5S/c1-16-8-9-19(14-17(16)2)23-20(24)15-28-21(25)10-12-22-29(26,27)13-11-18-6-4-3-5-7-18/h3-9,11,13-14,22H,10,12,15H2,1-2H3,(H,23,24)/b13-11+. The van der Waals surface area contributed by atoms with Crippen LogP contribution in [0.4, 0.5) is 5.69 Å². The normalized spacial score (nSPS) is 11.4. The molecule has 0 heterocycles. The number of sulfonamides is 1. The van der Waals surface area contributed by atoms with Gasteiger partial charge in [-0.15, -0.1) is 0 Å². The molecule has 0 saturated heterocycles. The van der Waals surface area contributed by atoms with Crippen LogP contribution in [-0.4, -0.2) is 33.4 Å². The van der Waals surface area contributed by atoms with Crippen molar-refractivity contribution in [3.05, 3.63) is 70.6 Å². The van der Waals surface area contributed by atoms with Crippen LogP contribution in [0.15, 0.2) is 53.9 Å². The molecule has 0 bridgehead atoms. The monoisotopic (exact) mass is 416 g/mol. The van der Waals surface area contributed by atoms with Gasteiger partial charge in [0, 0.05) is 17.6 Å². The van der Waals surface area contributed by atoms with Crippen molar-refractivity contribution >= 4 is 33.7 Å². The van der Waals surface area contributed by atoms with Crippen LogP contribution >= 0.6 is 0 Å². The third-order valence-electron chi connectivity index (χ3n) is 4.03. The second kappa shape index (κ2) is 10.5. The number of anilines is 1. The van der Waals surface area contributed by atoms with Crippen molar-refractivity contribution in [2.75, 3.05) is 18.5 Å². The second-order valence-electron chi connectivity index (χ2n) is 6.41. The molecule has 0 aromatic heterocycles. The highest BCUT2D eigenvalue weighted by atomic mass is 32.2. The maximum Gasteiger partial charge on any atom is 0.307 e. The summed E-state index contributed by atoms with van der Waals surface area (Å²) in [6.07, 6.45) is 1.27. The third-order valence-corrected chi connectivity index (χ3v) is 5.13. The van der Waals surface area contributed by atoms with E-state index in [2.05, 4.69) is 10.0 Å². The van der Waals surface area contributed by atoms with E-state index >= 15 is 0 Å². The van der Waals surface area contributed by atoms with Gasteiger partial charge in [-0.05, 0) is 48.7 Å². The average Bonchev–Trinajstić information content (AvgIpc) is 2.68. The van der Waals surface area contributed by atoms with Gasteiger partial charge in [0.1, 0.15) is 0 Å². The molecule has 0 aliphatic heterocycles. The number of rotatable bonds is 9. The molecule has 0 spiro atoms. The number of amides is 1. The van der Waals surface area contributed by atoms with Gasteiger partial charge in [0.15, 0.2) is 6.61 Å². The van der Waals surface area contributed by atoms with Crippen LogP contribution in [0.2, 0.25) is 0 Å². The predicted molar refractivity (Wildman–Crippen MR) is 113 cm³/mol. The number of hydrogen-bond acceptors (Lipinski definition) is 5. The summed E-state index contributed by atoms with van der Waals surface area (Å²) in [5, 5.41) is 3.67. The summed E-state index contributed by atoms with van der Waals surface area (Å²) in [5.41, 5.74) is 3.50. The Bertz CT molecular complexity index is 985. The number of benzene rings is 2. The van der Waals surface area contributed by atoms with Crippen LogP contribution in [0.5, 0.6) is 0 Å². The Morgan fingerprint density at radius 1 is 1.03 bits per heavy atom. The highest BCUT2D eigenvalue weighted by Gasteiger charge is 2.10. The molecular formula is C21H24N2O5S. The Labute approximate surface area is 170 Å². The Morgan fingerprint density at radius 3 is 2.45 bits per heavy atom. The molecule has 2 aromatic rings. The zero-order chi connectivity index (χ0) is 21.3. The largest absolute Gasteiger partial charge is 0.456 e. The fourth-order valence-corrected chi connectivity index (χ4v) is 3.13. The van der Waals surface area contributed by atoms with E-state index in [0.717, 1.165) is 22.1 Å². The Morgan fingerprint density at radius 2 is 1.76 bits per heavy atom. The highest BCUT2D eigenvalue weighted by molar-refractivity contribution is 7.92. The van der Waals surface area contributed by atoms with Crippen molar-refractivity contribution < 1.29 is 22.7 Å². The van der Waals surface area contributed by atoms with Gasteiger partial charge in [-0.25, -0.2) is 13.1 Å². The Kier molecular flexibility index (Phi) is 8.11. The molecule has 7 nitrogen and oxygen atoms in total. The minimum absolute atomic E-state index is 0.126. The molecule has 1 amide bonds. The van der Waals surface area contributed by atoms with Crippen LogP contribution in [0.25, 0.3) is 6.08 Å². The zero-order valence-electron chi connectivity index (χ0n) is 16.3. The molecule has 29 heavy (non-hydrogen) atoms. The fraction of sp³-hybridized carbons (Fsp3) is 0.238. The number of carbonyl (C=O) groups excluding carboxylic acids is 2. The van der Waals surface area contributed by atoms with Gasteiger partial charge in [0.2, 0.25) is 10.0 Å². The molecule has 0 radical (unpaired) electrons. The molecule has 0 saturated carbocycles. The summed E-state index contributed by atoms with van der Waals surface area (Å²) in [4.78, 5) is 23.6. The van der Waals surface area contributed by atoms with Crippen molar-refractivity contribution in [3.8, 4) is 0 Å². The van der Waals surface area contributed by atoms with Crippen LogP contribution in [-0.2, 0) is 24.3 Å². The quantitative estimate of drug-likeness (QED) is 0.612. The first-order valence-corrected chi connectivity index (χ1v) is 10.6. The summed E-state index contributed by atoms with van der Waals surface area (Å²) in [6.45, 7) is 3.33. The van der Waals surface area contributed by atoms with Gasteiger partial charge in [-0.1, -0.05) is 36.4 Å². The SMILES string of the molecule is Cc1ccc(NC(=O)COC(=O)CCNS(=O)(=O)/C=C/c2ccccc2)cc1C. The highest BCUT2D eigenvalue weighted by Crippen LogP contribution is 2.14. The second-order valence-corrected chi connectivity index (χ2v) is 8.06. The third kappa shape index (κ3) is 8.28. The summed E-state index contributed by atoms with van der Waals surface area (Å²) < 4.78 is 30.9. The molecule has 0 unspecified atom stereocenters. The molecule has 2 N–H and O–H groups in total. The lowest BCUT2D eigenvalue weighted by Gasteiger charge is -2.08. The first kappa shape index (κ1) is 22.3. The number of carbonyl (C=O) groups is 2. The van der Waals surface area contributed by atoms with E-state index < -0.39 is 28.5 Å². The molecule has 0 atom stereocenters. The number of esters is 1. The maximum atomic E-state index is 11.9. The van der Waals surface area contributed by atoms with Gasteiger partial charge < -0.3 is 10.1 Å². The van der Waals surface area contributed by atoms with Crippen LogP contribution in [0.3, 0.4) is 0 Å². The van der Waals surface area contributed by atoms with Gasteiger partial charge in [0.05, 0.1) is 6.42 Å². The number of ether oxygens (including phenoxy) is 1. The molecule has 2 rings (SSSR count). The van der Waals surface area contributed by atoms with E-state index in [1.807, 2.05) is 32.0 Å². The molecule has 0 aliphatic rings. The average molecular weight is 416 g/mol. The molecule has 0 aliphatic carbocycles. The van der Waals surface area contributed by atoms with Gasteiger partial charge in [0.25, 0.3) is 5.91 Å². The Balaban J connectivity index is 1.70. The molecule has 2 aromatic carbocycles. The van der Waals surface area contributed by atoms with Gasteiger partial charge >= 0.3 is 5.97 Å². The van der Waals surface area contributed by atoms with Crippen LogP contribution in [0, 0.1) is 13.8 Å². The van der Waals surface area contributed by atoms with Crippen LogP contribution < -0.4 is 10.0 Å². The first-order valence-electron chi connectivity index (χ1n) is 9.01. The fourth-order valence-electron chi connectivity index (χ4n) is 2.31. The van der Waals surface area contributed by atoms with Crippen molar-refractivity contribution in [1.82, 2.24) is 4.72 Å². The first-order chi connectivity index (χ1) is 13.7. The van der Waals surface area contributed by atoms with Crippen molar-refractivity contribution in [2.45, 2.75) is 20.3 Å². The molecule has 0 fully saturated rings. The maximum absolute atomic E-state index is 11.9. The van der Waals surface area contributed by atoms with Crippen molar-refractivity contribution in [1.29, 1.82) is 0 Å². The summed E-state index contributed by atoms with van der Waals surface area (Å²) in [6, 6.07) is 14.4. The zero-order valence-corrected chi connectivity index (χ0v) is 17.2. The van der Waals surface area contributed by atoms with Crippen molar-refractivity contribution in [3.63, 3.8) is 0 Å². The lowest BCUT2D eigenvalue weighted by atomic mass is 10.1. The van der Waals surface area contributed by atoms with E-state index in [4.69, 9.17) is 4.74 Å². The number of hydrogen-bond donors (Lipinski definition) is 2. The molecule has 8 heteroatoms. The van der Waals surface area contributed by atoms with Crippen LogP contribution in [0.1, 0.15) is 23.1 Å². The summed E-state index contributed by atoms with van der Waals surface area (Å²) in [5.74, 6) is -1.14. The van der Waals surface area contributed by atoms with Crippen molar-refractivity contribution in [2.24, 2.45) is 0 Å². The van der Waals surface area contributed by atoms with E-state index in [9.17, 15) is 18.0 Å². The van der Waals surface area contributed by atoms with E-state index in [-0.39, 0.29) is 13.0 Å². The van der Waals surface area contributed by atoms with Gasteiger partial charge in [-0.3, -0.25) is 9.59 Å². The van der Waals surface area contributed by atoms with E-state index in [1.165, 1.54) is 6.08 Å².